The van der Waals surface area contributed by atoms with Crippen LogP contribution in [-0.4, -0.2) is 5.78 Å². The van der Waals surface area contributed by atoms with Gasteiger partial charge in [-0.2, -0.15) is 0 Å². The number of Topliss-reactive ketones (excluding diaryl/α,β-unsaturated/α-hetero) is 1. The van der Waals surface area contributed by atoms with Gasteiger partial charge in [0.15, 0.2) is 0 Å². The molecule has 1 heterocycles. The molecule has 0 aliphatic heterocycles. The molecule has 0 bridgehead atoms. The van der Waals surface area contributed by atoms with Crippen molar-refractivity contribution in [3.63, 3.8) is 0 Å². The van der Waals surface area contributed by atoms with Crippen molar-refractivity contribution in [3.8, 4) is 0 Å². The number of carbonyl (C=O) groups is 1. The summed E-state index contributed by atoms with van der Waals surface area (Å²) in [7, 11) is 0. The standard InChI is InChI=1S/C15H22O2/c1-9(2)12-7-8-17-15(12)14-10(3)5-6-13(14)11(4)16/h7-10,13-14H,5-6H2,1-4H3. The quantitative estimate of drug-likeness (QED) is 0.787. The van der Waals surface area contributed by atoms with Gasteiger partial charge in [-0.05, 0) is 43.2 Å². The van der Waals surface area contributed by atoms with Gasteiger partial charge in [0.25, 0.3) is 0 Å². The topological polar surface area (TPSA) is 30.2 Å². The number of carbonyl (C=O) groups excluding carboxylic acids is 1. The molecule has 17 heavy (non-hydrogen) atoms. The van der Waals surface area contributed by atoms with Gasteiger partial charge in [0.2, 0.25) is 0 Å². The summed E-state index contributed by atoms with van der Waals surface area (Å²) in [4.78, 5) is 11.7. The highest BCUT2D eigenvalue weighted by atomic mass is 16.3. The lowest BCUT2D eigenvalue weighted by molar-refractivity contribution is -0.121. The second-order valence-corrected chi connectivity index (χ2v) is 5.69. The van der Waals surface area contributed by atoms with E-state index in [0.29, 0.717) is 23.5 Å². The summed E-state index contributed by atoms with van der Waals surface area (Å²) in [6.07, 6.45) is 3.92. The van der Waals surface area contributed by atoms with Crippen LogP contribution in [0.2, 0.25) is 0 Å². The lowest BCUT2D eigenvalue weighted by atomic mass is 9.83. The van der Waals surface area contributed by atoms with Crippen LogP contribution in [0.5, 0.6) is 0 Å². The first-order valence-electron chi connectivity index (χ1n) is 6.60. The Hall–Kier alpha value is -1.05. The molecule has 0 aromatic carbocycles. The number of hydrogen-bond acceptors (Lipinski definition) is 2. The number of furan rings is 1. The maximum absolute atomic E-state index is 11.7. The lowest BCUT2D eigenvalue weighted by Gasteiger charge is -2.21. The first-order chi connectivity index (χ1) is 8.02. The van der Waals surface area contributed by atoms with E-state index in [1.54, 1.807) is 13.2 Å². The molecule has 0 amide bonds. The van der Waals surface area contributed by atoms with Gasteiger partial charge in [-0.15, -0.1) is 0 Å². The first-order valence-corrected chi connectivity index (χ1v) is 6.60. The van der Waals surface area contributed by atoms with Crippen LogP contribution in [0.4, 0.5) is 0 Å². The van der Waals surface area contributed by atoms with E-state index in [1.807, 2.05) is 0 Å². The summed E-state index contributed by atoms with van der Waals surface area (Å²) in [5, 5.41) is 0. The fourth-order valence-electron chi connectivity index (χ4n) is 3.17. The highest BCUT2D eigenvalue weighted by Crippen LogP contribution is 2.46. The van der Waals surface area contributed by atoms with Crippen molar-refractivity contribution in [2.75, 3.05) is 0 Å². The molecule has 2 heteroatoms. The first kappa shape index (κ1) is 12.4. The normalized spacial score (nSPS) is 28.9. The van der Waals surface area contributed by atoms with Crippen LogP contribution in [0.25, 0.3) is 0 Å². The van der Waals surface area contributed by atoms with Crippen molar-refractivity contribution in [3.05, 3.63) is 23.7 Å². The van der Waals surface area contributed by atoms with Gasteiger partial charge in [0.05, 0.1) is 6.26 Å². The van der Waals surface area contributed by atoms with Crippen molar-refractivity contribution in [1.82, 2.24) is 0 Å². The van der Waals surface area contributed by atoms with Crippen LogP contribution in [0.1, 0.15) is 63.7 Å². The van der Waals surface area contributed by atoms with Crippen LogP contribution in [0, 0.1) is 11.8 Å². The molecule has 1 aliphatic rings. The molecule has 3 atom stereocenters. The number of rotatable bonds is 3. The smallest absolute Gasteiger partial charge is 0.133 e. The van der Waals surface area contributed by atoms with E-state index in [2.05, 4.69) is 26.8 Å². The van der Waals surface area contributed by atoms with Crippen LogP contribution in [-0.2, 0) is 4.79 Å². The van der Waals surface area contributed by atoms with Crippen LogP contribution < -0.4 is 0 Å². The van der Waals surface area contributed by atoms with E-state index in [-0.39, 0.29) is 5.92 Å². The second kappa shape index (κ2) is 4.67. The maximum atomic E-state index is 11.7. The fraction of sp³-hybridized carbons (Fsp3) is 0.667. The second-order valence-electron chi connectivity index (χ2n) is 5.69. The summed E-state index contributed by atoms with van der Waals surface area (Å²) < 4.78 is 5.71. The predicted molar refractivity (Wildman–Crippen MR) is 68.1 cm³/mol. The summed E-state index contributed by atoms with van der Waals surface area (Å²) in [6, 6.07) is 2.06. The Bertz CT molecular complexity index is 403. The summed E-state index contributed by atoms with van der Waals surface area (Å²) in [5.74, 6) is 2.83. The molecule has 1 fully saturated rings. The highest BCUT2D eigenvalue weighted by molar-refractivity contribution is 5.79. The van der Waals surface area contributed by atoms with Gasteiger partial charge >= 0.3 is 0 Å². The van der Waals surface area contributed by atoms with E-state index in [1.165, 1.54) is 5.56 Å². The monoisotopic (exact) mass is 234 g/mol. The minimum atomic E-state index is 0.161. The molecule has 1 saturated carbocycles. The van der Waals surface area contributed by atoms with Gasteiger partial charge in [0, 0.05) is 11.8 Å². The third kappa shape index (κ3) is 2.18. The van der Waals surface area contributed by atoms with E-state index in [9.17, 15) is 4.79 Å². The SMILES string of the molecule is CC(=O)C1CCC(C)C1c1occc1C(C)C. The molecule has 3 unspecified atom stereocenters. The summed E-state index contributed by atoms with van der Waals surface area (Å²) in [6.45, 7) is 8.31. The molecule has 1 aromatic heterocycles. The molecule has 2 nitrogen and oxygen atoms in total. The molecule has 0 radical (unpaired) electrons. The van der Waals surface area contributed by atoms with Gasteiger partial charge in [-0.3, -0.25) is 4.79 Å². The molecule has 94 valence electrons. The van der Waals surface area contributed by atoms with Crippen molar-refractivity contribution in [1.29, 1.82) is 0 Å². The summed E-state index contributed by atoms with van der Waals surface area (Å²) >= 11 is 0. The minimum absolute atomic E-state index is 0.161. The Labute approximate surface area is 103 Å². The van der Waals surface area contributed by atoms with Crippen LogP contribution in [0.3, 0.4) is 0 Å². The Morgan fingerprint density at radius 1 is 1.41 bits per heavy atom. The molecule has 0 spiro atoms. The third-order valence-electron chi connectivity index (χ3n) is 4.15. The predicted octanol–water partition coefficient (Wildman–Crippen LogP) is 4.12. The van der Waals surface area contributed by atoms with Gasteiger partial charge < -0.3 is 4.42 Å². The molecule has 1 aliphatic carbocycles. The molecular formula is C15H22O2. The fourth-order valence-corrected chi connectivity index (χ4v) is 3.17. The highest BCUT2D eigenvalue weighted by Gasteiger charge is 2.40. The van der Waals surface area contributed by atoms with Gasteiger partial charge in [-0.1, -0.05) is 20.8 Å². The molecular weight excluding hydrogens is 212 g/mol. The Morgan fingerprint density at radius 3 is 2.71 bits per heavy atom. The van der Waals surface area contributed by atoms with Crippen molar-refractivity contribution >= 4 is 5.78 Å². The third-order valence-corrected chi connectivity index (χ3v) is 4.15. The van der Waals surface area contributed by atoms with E-state index in [4.69, 9.17) is 4.42 Å². The van der Waals surface area contributed by atoms with Crippen molar-refractivity contribution in [2.45, 2.75) is 52.4 Å². The van der Waals surface area contributed by atoms with E-state index < -0.39 is 0 Å². The minimum Gasteiger partial charge on any atom is -0.469 e. The molecule has 2 rings (SSSR count). The zero-order valence-corrected chi connectivity index (χ0v) is 11.2. The van der Waals surface area contributed by atoms with Gasteiger partial charge in [0.1, 0.15) is 11.5 Å². The lowest BCUT2D eigenvalue weighted by Crippen LogP contribution is -2.18. The largest absolute Gasteiger partial charge is 0.469 e. The average Bonchev–Trinajstić information content (AvgIpc) is 2.82. The summed E-state index contributed by atoms with van der Waals surface area (Å²) in [5.41, 5.74) is 1.27. The maximum Gasteiger partial charge on any atom is 0.133 e. The molecule has 0 N–H and O–H groups in total. The van der Waals surface area contributed by atoms with Gasteiger partial charge in [-0.25, -0.2) is 0 Å². The zero-order chi connectivity index (χ0) is 12.6. The Balaban J connectivity index is 2.36. The zero-order valence-electron chi connectivity index (χ0n) is 11.2. The molecule has 0 saturated heterocycles. The van der Waals surface area contributed by atoms with E-state index in [0.717, 1.165) is 18.6 Å². The van der Waals surface area contributed by atoms with Crippen molar-refractivity contribution in [2.24, 2.45) is 11.8 Å². The van der Waals surface area contributed by atoms with Crippen LogP contribution >= 0.6 is 0 Å². The number of hydrogen-bond donors (Lipinski definition) is 0. The Morgan fingerprint density at radius 2 is 2.12 bits per heavy atom. The van der Waals surface area contributed by atoms with E-state index >= 15 is 0 Å². The van der Waals surface area contributed by atoms with Crippen LogP contribution in [0.15, 0.2) is 16.7 Å². The molecule has 1 aromatic rings. The average molecular weight is 234 g/mol. The van der Waals surface area contributed by atoms with Crippen molar-refractivity contribution < 1.29 is 9.21 Å². The Kier molecular flexibility index (Phi) is 3.41. The number of ketones is 1.